The second kappa shape index (κ2) is 8.37. The average molecular weight is 408 g/mol. The Morgan fingerprint density at radius 1 is 0.967 bits per heavy atom. The Kier molecular flexibility index (Phi) is 5.48. The van der Waals surface area contributed by atoms with Gasteiger partial charge >= 0.3 is 0 Å². The third kappa shape index (κ3) is 3.89. The van der Waals surface area contributed by atoms with Crippen LogP contribution in [0.1, 0.15) is 28.4 Å². The van der Waals surface area contributed by atoms with Gasteiger partial charge in [0.05, 0.1) is 17.7 Å². The van der Waals surface area contributed by atoms with Crippen molar-refractivity contribution in [2.24, 2.45) is 0 Å². The minimum Gasteiger partial charge on any atom is -0.493 e. The maximum Gasteiger partial charge on any atom is 0.231 e. The van der Waals surface area contributed by atoms with Crippen molar-refractivity contribution < 1.29 is 27.8 Å². The van der Waals surface area contributed by atoms with Crippen molar-refractivity contribution in [1.29, 1.82) is 0 Å². The molecule has 4 rings (SSSR count). The molecule has 152 valence electrons. The molecule has 1 aliphatic heterocycles. The molecule has 3 aromatic carbocycles. The standard InChI is InChI=1S/C24H18F2O4/c1-2-28-21-9-4-3-6-15(21)12-23-24(27)17-11-10-16(13-22(17)30-23)29-14-18-19(25)7-5-8-20(18)26/h3-13H,2,14H2,1H3/b23-12-. The van der Waals surface area contributed by atoms with E-state index in [9.17, 15) is 13.6 Å². The fourth-order valence-electron chi connectivity index (χ4n) is 3.11. The zero-order valence-electron chi connectivity index (χ0n) is 16.2. The number of fused-ring (bicyclic) bond motifs is 1. The number of carbonyl (C=O) groups is 1. The van der Waals surface area contributed by atoms with Crippen LogP contribution in [0.15, 0.2) is 66.4 Å². The highest BCUT2D eigenvalue weighted by molar-refractivity contribution is 6.14. The maximum atomic E-state index is 13.8. The Morgan fingerprint density at radius 2 is 1.73 bits per heavy atom. The number of halogens is 2. The molecular weight excluding hydrogens is 390 g/mol. The Labute approximate surface area is 172 Å². The van der Waals surface area contributed by atoms with Gasteiger partial charge in [0, 0.05) is 11.6 Å². The van der Waals surface area contributed by atoms with Gasteiger partial charge in [-0.05, 0) is 43.3 Å². The SMILES string of the molecule is CCOc1ccccc1/C=C1\Oc2cc(OCc3c(F)cccc3F)ccc2C1=O. The molecule has 1 heterocycles. The predicted molar refractivity (Wildman–Crippen MR) is 108 cm³/mol. The van der Waals surface area contributed by atoms with Crippen LogP contribution in [0.25, 0.3) is 6.08 Å². The molecule has 0 fully saturated rings. The second-order valence-corrected chi connectivity index (χ2v) is 6.56. The molecule has 0 radical (unpaired) electrons. The highest BCUT2D eigenvalue weighted by Gasteiger charge is 2.28. The molecule has 6 heteroatoms. The third-order valence-corrected chi connectivity index (χ3v) is 4.59. The van der Waals surface area contributed by atoms with Gasteiger partial charge in [-0.1, -0.05) is 24.3 Å². The number of para-hydroxylation sites is 1. The van der Waals surface area contributed by atoms with E-state index < -0.39 is 11.6 Å². The van der Waals surface area contributed by atoms with E-state index in [0.29, 0.717) is 29.4 Å². The van der Waals surface area contributed by atoms with Crippen molar-refractivity contribution in [2.75, 3.05) is 6.61 Å². The first kappa shape index (κ1) is 19.6. The third-order valence-electron chi connectivity index (χ3n) is 4.59. The van der Waals surface area contributed by atoms with Crippen LogP contribution in [-0.4, -0.2) is 12.4 Å². The number of allylic oxidation sites excluding steroid dienone is 1. The van der Waals surface area contributed by atoms with Crippen molar-refractivity contribution in [3.05, 3.63) is 94.7 Å². The van der Waals surface area contributed by atoms with Crippen LogP contribution in [0.4, 0.5) is 8.78 Å². The van der Waals surface area contributed by atoms with E-state index in [4.69, 9.17) is 14.2 Å². The molecule has 0 atom stereocenters. The van der Waals surface area contributed by atoms with Gasteiger partial charge in [-0.15, -0.1) is 0 Å². The fourth-order valence-corrected chi connectivity index (χ4v) is 3.11. The summed E-state index contributed by atoms with van der Waals surface area (Å²) in [6, 6.07) is 15.6. The smallest absolute Gasteiger partial charge is 0.231 e. The summed E-state index contributed by atoms with van der Waals surface area (Å²) in [6.45, 7) is 2.10. The summed E-state index contributed by atoms with van der Waals surface area (Å²) in [4.78, 5) is 12.7. The number of rotatable bonds is 6. The van der Waals surface area contributed by atoms with Gasteiger partial charge in [-0.25, -0.2) is 8.78 Å². The largest absolute Gasteiger partial charge is 0.493 e. The van der Waals surface area contributed by atoms with E-state index in [0.717, 1.165) is 5.56 Å². The molecule has 0 bridgehead atoms. The predicted octanol–water partition coefficient (Wildman–Crippen LogP) is 5.56. The summed E-state index contributed by atoms with van der Waals surface area (Å²) in [6.07, 6.45) is 1.63. The molecule has 0 aliphatic carbocycles. The van der Waals surface area contributed by atoms with Crippen molar-refractivity contribution in [2.45, 2.75) is 13.5 Å². The topological polar surface area (TPSA) is 44.8 Å². The minimum atomic E-state index is -0.680. The summed E-state index contributed by atoms with van der Waals surface area (Å²) in [5.74, 6) is -0.151. The molecule has 0 saturated heterocycles. The number of benzene rings is 3. The van der Waals surface area contributed by atoms with E-state index >= 15 is 0 Å². The Morgan fingerprint density at radius 3 is 2.50 bits per heavy atom. The lowest BCUT2D eigenvalue weighted by Crippen LogP contribution is -2.01. The molecule has 0 spiro atoms. The second-order valence-electron chi connectivity index (χ2n) is 6.56. The van der Waals surface area contributed by atoms with Gasteiger partial charge in [0.1, 0.15) is 35.5 Å². The first-order chi connectivity index (χ1) is 14.6. The lowest BCUT2D eigenvalue weighted by atomic mass is 10.1. The monoisotopic (exact) mass is 408 g/mol. The summed E-state index contributed by atoms with van der Waals surface area (Å²) in [7, 11) is 0. The normalized spacial score (nSPS) is 13.8. The van der Waals surface area contributed by atoms with Crippen molar-refractivity contribution in [3.63, 3.8) is 0 Å². The molecular formula is C24H18F2O4. The molecule has 1 aliphatic rings. The first-order valence-electron chi connectivity index (χ1n) is 9.42. The number of ketones is 1. The molecule has 0 aromatic heterocycles. The highest BCUT2D eigenvalue weighted by Crippen LogP contribution is 2.36. The van der Waals surface area contributed by atoms with Crippen LogP contribution in [0.5, 0.6) is 17.2 Å². The van der Waals surface area contributed by atoms with E-state index in [2.05, 4.69) is 0 Å². The van der Waals surface area contributed by atoms with Crippen LogP contribution in [0.3, 0.4) is 0 Å². The summed E-state index contributed by atoms with van der Waals surface area (Å²) in [5.41, 5.74) is 0.949. The number of hydrogen-bond donors (Lipinski definition) is 0. The van der Waals surface area contributed by atoms with Crippen LogP contribution in [-0.2, 0) is 6.61 Å². The van der Waals surface area contributed by atoms with Gasteiger partial charge in [-0.3, -0.25) is 4.79 Å². The Balaban J connectivity index is 1.54. The first-order valence-corrected chi connectivity index (χ1v) is 9.42. The number of carbonyl (C=O) groups excluding carboxylic acids is 1. The van der Waals surface area contributed by atoms with Crippen LogP contribution < -0.4 is 14.2 Å². The number of Topliss-reactive ketones (excluding diaryl/α,β-unsaturated/α-hetero) is 1. The molecule has 4 nitrogen and oxygen atoms in total. The zero-order chi connectivity index (χ0) is 21.1. The van der Waals surface area contributed by atoms with Crippen molar-refractivity contribution in [1.82, 2.24) is 0 Å². The minimum absolute atomic E-state index is 0.162. The molecule has 0 amide bonds. The highest BCUT2D eigenvalue weighted by atomic mass is 19.1. The van der Waals surface area contributed by atoms with E-state index in [-0.39, 0.29) is 23.7 Å². The van der Waals surface area contributed by atoms with Crippen LogP contribution >= 0.6 is 0 Å². The molecule has 30 heavy (non-hydrogen) atoms. The quantitative estimate of drug-likeness (QED) is 0.501. The van der Waals surface area contributed by atoms with E-state index in [1.54, 1.807) is 18.2 Å². The average Bonchev–Trinajstić information content (AvgIpc) is 3.04. The molecule has 0 unspecified atom stereocenters. The maximum absolute atomic E-state index is 13.8. The molecule has 3 aromatic rings. The van der Waals surface area contributed by atoms with Gasteiger partial charge in [0.15, 0.2) is 5.76 Å². The van der Waals surface area contributed by atoms with Gasteiger partial charge in [0.25, 0.3) is 0 Å². The fraction of sp³-hybridized carbons (Fsp3) is 0.125. The lowest BCUT2D eigenvalue weighted by Gasteiger charge is -2.09. The lowest BCUT2D eigenvalue weighted by molar-refractivity contribution is 0.101. The van der Waals surface area contributed by atoms with Crippen molar-refractivity contribution in [3.8, 4) is 17.2 Å². The Hall–Kier alpha value is -3.67. The zero-order valence-corrected chi connectivity index (χ0v) is 16.2. The summed E-state index contributed by atoms with van der Waals surface area (Å²) < 4.78 is 44.3. The molecule has 0 saturated carbocycles. The summed E-state index contributed by atoms with van der Waals surface area (Å²) >= 11 is 0. The number of hydrogen-bond acceptors (Lipinski definition) is 4. The van der Waals surface area contributed by atoms with Crippen LogP contribution in [0.2, 0.25) is 0 Å². The van der Waals surface area contributed by atoms with Crippen LogP contribution in [0, 0.1) is 11.6 Å². The van der Waals surface area contributed by atoms with Gasteiger partial charge < -0.3 is 14.2 Å². The number of ether oxygens (including phenoxy) is 3. The summed E-state index contributed by atoms with van der Waals surface area (Å²) in [5, 5.41) is 0. The van der Waals surface area contributed by atoms with E-state index in [1.807, 2.05) is 31.2 Å². The van der Waals surface area contributed by atoms with Gasteiger partial charge in [-0.2, -0.15) is 0 Å². The van der Waals surface area contributed by atoms with Gasteiger partial charge in [0.2, 0.25) is 5.78 Å². The van der Waals surface area contributed by atoms with Crippen molar-refractivity contribution >= 4 is 11.9 Å². The Bertz CT molecular complexity index is 1120. The van der Waals surface area contributed by atoms with E-state index in [1.165, 1.54) is 24.3 Å². The molecule has 0 N–H and O–H groups in total.